The van der Waals surface area contributed by atoms with Crippen LogP contribution in [0.1, 0.15) is 51.5 Å². The predicted octanol–water partition coefficient (Wildman–Crippen LogP) is 3.20. The fraction of sp³-hybridized carbons (Fsp3) is 0.367. The number of carbonyl (C=O) groups excluding carboxylic acids is 3. The Labute approximate surface area is 210 Å². The van der Waals surface area contributed by atoms with E-state index in [-0.39, 0.29) is 36.0 Å². The molecule has 1 fully saturated rings. The molecule has 2 aliphatic heterocycles. The van der Waals surface area contributed by atoms with E-state index >= 15 is 0 Å². The minimum atomic E-state index is -0.487. The minimum Gasteiger partial charge on any atom is -0.491 e. The summed E-state index contributed by atoms with van der Waals surface area (Å²) in [6.45, 7) is 3.54. The normalized spacial score (nSPS) is 19.7. The Hall–Kier alpha value is -3.67. The number of ketones is 2. The van der Waals surface area contributed by atoms with Gasteiger partial charge < -0.3 is 14.4 Å². The van der Waals surface area contributed by atoms with Crippen LogP contribution in [0.5, 0.6) is 5.75 Å². The first-order valence-corrected chi connectivity index (χ1v) is 12.7. The Morgan fingerprint density at radius 3 is 2.69 bits per heavy atom. The smallest absolute Gasteiger partial charge is 0.308 e. The van der Waals surface area contributed by atoms with Gasteiger partial charge in [0.1, 0.15) is 5.75 Å². The number of ether oxygens (including phenoxy) is 2. The monoisotopic (exact) mass is 485 g/mol. The van der Waals surface area contributed by atoms with Crippen LogP contribution in [0.3, 0.4) is 0 Å². The zero-order chi connectivity index (χ0) is 25.2. The van der Waals surface area contributed by atoms with Crippen LogP contribution in [-0.4, -0.2) is 41.1 Å². The van der Waals surface area contributed by atoms with Crippen LogP contribution in [0.4, 0.5) is 0 Å². The molecule has 6 heteroatoms. The van der Waals surface area contributed by atoms with E-state index in [2.05, 4.69) is 31.2 Å². The van der Waals surface area contributed by atoms with Crippen molar-refractivity contribution in [2.75, 3.05) is 6.54 Å². The summed E-state index contributed by atoms with van der Waals surface area (Å²) in [7, 11) is 0. The highest BCUT2D eigenvalue weighted by Gasteiger charge is 2.39. The molecular weight excluding hydrogens is 454 g/mol. The van der Waals surface area contributed by atoms with Gasteiger partial charge in [-0.25, -0.2) is 0 Å². The molecule has 0 N–H and O–H groups in total. The van der Waals surface area contributed by atoms with Crippen LogP contribution in [0.2, 0.25) is 0 Å². The fourth-order valence-corrected chi connectivity index (χ4v) is 5.55. The minimum absolute atomic E-state index is 0.00425. The van der Waals surface area contributed by atoms with Crippen molar-refractivity contribution in [2.45, 2.75) is 64.5 Å². The Kier molecular flexibility index (Phi) is 6.77. The molecule has 2 heterocycles. The Bertz CT molecular complexity index is 1360. The number of rotatable bonds is 7. The summed E-state index contributed by atoms with van der Waals surface area (Å²) in [5.41, 5.74) is 2.75. The summed E-state index contributed by atoms with van der Waals surface area (Å²) < 4.78 is 11.8. The molecule has 1 saturated carbocycles. The molecular formula is C30H31NO5. The molecule has 5 rings (SSSR count). The van der Waals surface area contributed by atoms with Crippen LogP contribution in [0.25, 0.3) is 11.3 Å². The number of fused-ring (bicyclic) bond motifs is 4. The van der Waals surface area contributed by atoms with Gasteiger partial charge in [-0.3, -0.25) is 14.4 Å². The summed E-state index contributed by atoms with van der Waals surface area (Å²) in [5.74, 6) is 0.416. The number of nitrogens with zero attached hydrogens (tertiary/aromatic N) is 1. The summed E-state index contributed by atoms with van der Waals surface area (Å²) in [5, 5.41) is 1.61. The first-order valence-electron chi connectivity index (χ1n) is 12.7. The van der Waals surface area contributed by atoms with E-state index in [9.17, 15) is 14.4 Å². The molecule has 2 aromatic rings. The summed E-state index contributed by atoms with van der Waals surface area (Å²) in [4.78, 5) is 39.4. The molecule has 0 aromatic heterocycles. The number of benzene rings is 2. The number of esters is 1. The van der Waals surface area contributed by atoms with Crippen LogP contribution in [0.15, 0.2) is 60.4 Å². The fourth-order valence-electron chi connectivity index (χ4n) is 5.55. The largest absolute Gasteiger partial charge is 0.491 e. The van der Waals surface area contributed by atoms with E-state index in [1.165, 1.54) is 18.6 Å². The quantitative estimate of drug-likeness (QED) is 0.561. The van der Waals surface area contributed by atoms with Crippen molar-refractivity contribution in [3.8, 4) is 5.75 Å². The van der Waals surface area contributed by atoms with E-state index in [4.69, 9.17) is 9.47 Å². The molecule has 0 saturated heterocycles. The van der Waals surface area contributed by atoms with E-state index in [0.717, 1.165) is 48.1 Å². The number of hydrogen-bond acceptors (Lipinski definition) is 6. The average molecular weight is 486 g/mol. The van der Waals surface area contributed by atoms with E-state index in [1.54, 1.807) is 0 Å². The summed E-state index contributed by atoms with van der Waals surface area (Å²) >= 11 is 0. The average Bonchev–Trinajstić information content (AvgIpc) is 2.84. The van der Waals surface area contributed by atoms with E-state index < -0.39 is 5.97 Å². The van der Waals surface area contributed by atoms with Gasteiger partial charge in [-0.1, -0.05) is 36.4 Å². The number of carbonyl (C=O) groups is 3. The maximum Gasteiger partial charge on any atom is 0.308 e. The van der Waals surface area contributed by atoms with Gasteiger partial charge in [0, 0.05) is 30.2 Å². The highest BCUT2D eigenvalue weighted by atomic mass is 16.5. The second-order valence-corrected chi connectivity index (χ2v) is 9.80. The molecule has 2 atom stereocenters. The molecule has 3 aliphatic rings. The van der Waals surface area contributed by atoms with Crippen LogP contribution in [0, 0.1) is 0 Å². The summed E-state index contributed by atoms with van der Waals surface area (Å²) in [6.07, 6.45) is 6.37. The standard InChI is InChI=1S/C30H31NO5/c1-19(8-6-11-21-9-4-3-5-10-21)35-23-14-15-24-25(17-23)30-28(36-20(2)32)16-22(33)18-31(30)26-12-7-13-27(34)29(24)26/h3-5,9-10,14-17,19,26H,6-8,11-13,18H2,1-2H3/t19?,26-/m0/s1. The first-order chi connectivity index (χ1) is 17.4. The van der Waals surface area contributed by atoms with Crippen LogP contribution < -0.4 is 15.2 Å². The summed E-state index contributed by atoms with van der Waals surface area (Å²) in [6, 6.07) is 16.0. The third-order valence-corrected chi connectivity index (χ3v) is 7.08. The van der Waals surface area contributed by atoms with Crippen LogP contribution in [-0.2, 0) is 25.5 Å². The van der Waals surface area contributed by atoms with Gasteiger partial charge >= 0.3 is 5.97 Å². The molecule has 0 bridgehead atoms. The zero-order valence-electron chi connectivity index (χ0n) is 20.8. The third-order valence-electron chi connectivity index (χ3n) is 7.08. The Morgan fingerprint density at radius 2 is 1.92 bits per heavy atom. The highest BCUT2D eigenvalue weighted by Crippen LogP contribution is 2.35. The van der Waals surface area contributed by atoms with Crippen LogP contribution >= 0.6 is 0 Å². The molecule has 0 amide bonds. The van der Waals surface area contributed by atoms with Crippen molar-refractivity contribution in [3.63, 3.8) is 0 Å². The van der Waals surface area contributed by atoms with E-state index in [1.807, 2.05) is 29.2 Å². The third kappa shape index (κ3) is 4.85. The van der Waals surface area contributed by atoms with Crippen molar-refractivity contribution < 1.29 is 23.9 Å². The number of Topliss-reactive ketones (excluding diaryl/α,β-unsaturated/α-hetero) is 1. The van der Waals surface area contributed by atoms with Crippen molar-refractivity contribution >= 4 is 28.8 Å². The molecule has 36 heavy (non-hydrogen) atoms. The second-order valence-electron chi connectivity index (χ2n) is 9.80. The van der Waals surface area contributed by atoms with Crippen molar-refractivity contribution in [3.05, 3.63) is 76.4 Å². The SMILES string of the molecule is CC(=O)OC1=CC(=O)CN2C1=c1cc(OC(C)CCCc3ccccc3)ccc1=C1C(=O)CCC[C@@H]12. The topological polar surface area (TPSA) is 72.9 Å². The molecule has 0 radical (unpaired) electrons. The lowest BCUT2D eigenvalue weighted by Gasteiger charge is -2.42. The molecule has 1 unspecified atom stereocenters. The molecule has 0 spiro atoms. The molecule has 2 aromatic carbocycles. The van der Waals surface area contributed by atoms with Gasteiger partial charge in [-0.15, -0.1) is 0 Å². The van der Waals surface area contributed by atoms with Gasteiger partial charge in [0.2, 0.25) is 0 Å². The Balaban J connectivity index is 1.50. The second kappa shape index (κ2) is 10.1. The van der Waals surface area contributed by atoms with Gasteiger partial charge in [-0.05, 0) is 61.9 Å². The van der Waals surface area contributed by atoms with Gasteiger partial charge in [0.05, 0.1) is 24.4 Å². The van der Waals surface area contributed by atoms with Gasteiger partial charge in [0.25, 0.3) is 0 Å². The maximum absolute atomic E-state index is 13.0. The lowest BCUT2D eigenvalue weighted by molar-refractivity contribution is -0.136. The lowest BCUT2D eigenvalue weighted by atomic mass is 9.82. The first kappa shape index (κ1) is 24.0. The zero-order valence-corrected chi connectivity index (χ0v) is 20.8. The van der Waals surface area contributed by atoms with Crippen molar-refractivity contribution in [1.82, 2.24) is 4.90 Å². The predicted molar refractivity (Wildman–Crippen MR) is 136 cm³/mol. The van der Waals surface area contributed by atoms with Gasteiger partial charge in [0.15, 0.2) is 17.3 Å². The lowest BCUT2D eigenvalue weighted by Crippen LogP contribution is -2.54. The number of aryl methyl sites for hydroxylation is 1. The van der Waals surface area contributed by atoms with Gasteiger partial charge in [-0.2, -0.15) is 0 Å². The molecule has 1 aliphatic carbocycles. The van der Waals surface area contributed by atoms with Crippen molar-refractivity contribution in [2.24, 2.45) is 0 Å². The van der Waals surface area contributed by atoms with E-state index in [0.29, 0.717) is 17.9 Å². The molecule has 6 nitrogen and oxygen atoms in total. The maximum atomic E-state index is 13.0. The number of hydrogen-bond donors (Lipinski definition) is 0. The molecule has 186 valence electrons. The highest BCUT2D eigenvalue weighted by molar-refractivity contribution is 6.18. The van der Waals surface area contributed by atoms with Crippen molar-refractivity contribution in [1.29, 1.82) is 0 Å². The Morgan fingerprint density at radius 1 is 1.11 bits per heavy atom.